The highest BCUT2D eigenvalue weighted by Crippen LogP contribution is 2.17. The van der Waals surface area contributed by atoms with Crippen LogP contribution in [0.1, 0.15) is 5.56 Å². The van der Waals surface area contributed by atoms with Crippen LogP contribution in [0.2, 0.25) is 0 Å². The van der Waals surface area contributed by atoms with E-state index in [1.807, 2.05) is 18.2 Å². The zero-order valence-corrected chi connectivity index (χ0v) is 6.45. The molecule has 0 radical (unpaired) electrons. The average molecular weight is 163 g/mol. The number of anilines is 1. The number of aromatic nitrogens is 1. The van der Waals surface area contributed by atoms with Crippen LogP contribution < -0.4 is 11.5 Å². The summed E-state index contributed by atoms with van der Waals surface area (Å²) >= 11 is 0. The number of hydrogen-bond acceptors (Lipinski definition) is 4. The largest absolute Gasteiger partial charge is 0.424 e. The molecule has 0 aliphatic carbocycles. The number of rotatable bonds is 1. The Morgan fingerprint density at radius 3 is 3.00 bits per heavy atom. The lowest BCUT2D eigenvalue weighted by Gasteiger charge is -1.92. The first kappa shape index (κ1) is 7.12. The van der Waals surface area contributed by atoms with E-state index in [0.29, 0.717) is 12.1 Å². The van der Waals surface area contributed by atoms with Gasteiger partial charge in [-0.1, -0.05) is 6.07 Å². The summed E-state index contributed by atoms with van der Waals surface area (Å²) < 4.78 is 5.09. The lowest BCUT2D eigenvalue weighted by Crippen LogP contribution is -1.94. The molecule has 0 spiro atoms. The molecule has 4 heteroatoms. The summed E-state index contributed by atoms with van der Waals surface area (Å²) in [6.07, 6.45) is 0. The van der Waals surface area contributed by atoms with Crippen molar-refractivity contribution in [3.8, 4) is 0 Å². The summed E-state index contributed by atoms with van der Waals surface area (Å²) in [6, 6.07) is 5.78. The van der Waals surface area contributed by atoms with Gasteiger partial charge in [0.2, 0.25) is 0 Å². The van der Waals surface area contributed by atoms with Gasteiger partial charge in [0.25, 0.3) is 6.01 Å². The molecule has 0 saturated heterocycles. The van der Waals surface area contributed by atoms with E-state index in [9.17, 15) is 0 Å². The van der Waals surface area contributed by atoms with Gasteiger partial charge in [0.15, 0.2) is 5.58 Å². The molecule has 2 rings (SSSR count). The molecule has 1 aromatic carbocycles. The molecule has 0 aliphatic rings. The Balaban J connectivity index is 2.66. The van der Waals surface area contributed by atoms with Crippen molar-refractivity contribution < 1.29 is 4.42 Å². The van der Waals surface area contributed by atoms with Gasteiger partial charge < -0.3 is 15.9 Å². The van der Waals surface area contributed by atoms with Crippen molar-refractivity contribution in [2.45, 2.75) is 6.54 Å². The monoisotopic (exact) mass is 163 g/mol. The first-order valence-electron chi connectivity index (χ1n) is 3.64. The topological polar surface area (TPSA) is 78.1 Å². The number of fused-ring (bicyclic) bond motifs is 1. The molecule has 0 fully saturated rings. The molecule has 4 N–H and O–H groups in total. The molecule has 0 unspecified atom stereocenters. The van der Waals surface area contributed by atoms with Crippen LogP contribution in [0.4, 0.5) is 6.01 Å². The molecule has 1 heterocycles. The van der Waals surface area contributed by atoms with E-state index >= 15 is 0 Å². The van der Waals surface area contributed by atoms with Gasteiger partial charge in [0, 0.05) is 6.54 Å². The first-order valence-corrected chi connectivity index (χ1v) is 3.64. The smallest absolute Gasteiger partial charge is 0.292 e. The first-order chi connectivity index (χ1) is 5.79. The van der Waals surface area contributed by atoms with Gasteiger partial charge in [-0.25, -0.2) is 0 Å². The molecule has 0 saturated carbocycles. The highest BCUT2D eigenvalue weighted by atomic mass is 16.4. The molecule has 4 nitrogen and oxygen atoms in total. The fourth-order valence-electron chi connectivity index (χ4n) is 1.12. The minimum atomic E-state index is 0.194. The van der Waals surface area contributed by atoms with E-state index < -0.39 is 0 Å². The summed E-state index contributed by atoms with van der Waals surface area (Å²) in [5, 5.41) is 0. The number of benzene rings is 1. The maximum Gasteiger partial charge on any atom is 0.292 e. The molecular weight excluding hydrogens is 154 g/mol. The summed E-state index contributed by atoms with van der Waals surface area (Å²) in [5.74, 6) is 0. The van der Waals surface area contributed by atoms with E-state index in [1.54, 1.807) is 0 Å². The Labute approximate surface area is 69.2 Å². The number of oxazole rings is 1. The van der Waals surface area contributed by atoms with Gasteiger partial charge in [-0.3, -0.25) is 0 Å². The lowest BCUT2D eigenvalue weighted by atomic mass is 10.2. The number of nitrogens with zero attached hydrogens (tertiary/aromatic N) is 1. The van der Waals surface area contributed by atoms with Gasteiger partial charge in [0.1, 0.15) is 5.52 Å². The average Bonchev–Trinajstić information content (AvgIpc) is 2.43. The Hall–Kier alpha value is -1.55. The molecule has 1 aromatic heterocycles. The second kappa shape index (κ2) is 2.49. The van der Waals surface area contributed by atoms with Crippen molar-refractivity contribution in [1.29, 1.82) is 0 Å². The lowest BCUT2D eigenvalue weighted by molar-refractivity contribution is 0.626. The SMILES string of the molecule is NCc1ccc2oc(N)nc2c1. The van der Waals surface area contributed by atoms with Crippen molar-refractivity contribution in [3.63, 3.8) is 0 Å². The van der Waals surface area contributed by atoms with Crippen molar-refractivity contribution >= 4 is 17.1 Å². The molecule has 0 amide bonds. The van der Waals surface area contributed by atoms with E-state index in [-0.39, 0.29) is 6.01 Å². The van der Waals surface area contributed by atoms with Gasteiger partial charge in [-0.05, 0) is 17.7 Å². The minimum Gasteiger partial charge on any atom is -0.424 e. The van der Waals surface area contributed by atoms with Gasteiger partial charge in [-0.2, -0.15) is 4.98 Å². The van der Waals surface area contributed by atoms with Crippen molar-refractivity contribution in [2.24, 2.45) is 5.73 Å². The van der Waals surface area contributed by atoms with E-state index in [1.165, 1.54) is 0 Å². The van der Waals surface area contributed by atoms with Crippen LogP contribution in [0.3, 0.4) is 0 Å². The molecule has 0 aliphatic heterocycles. The molecule has 0 atom stereocenters. The van der Waals surface area contributed by atoms with Gasteiger partial charge in [0.05, 0.1) is 0 Å². The molecule has 2 aromatic rings. The van der Waals surface area contributed by atoms with E-state index in [0.717, 1.165) is 11.1 Å². The zero-order valence-electron chi connectivity index (χ0n) is 6.45. The second-order valence-electron chi connectivity index (χ2n) is 2.56. The number of nitrogens with two attached hydrogens (primary N) is 2. The second-order valence-corrected chi connectivity index (χ2v) is 2.56. The van der Waals surface area contributed by atoms with E-state index in [4.69, 9.17) is 15.9 Å². The standard InChI is InChI=1S/C8H9N3O/c9-4-5-1-2-7-6(3-5)11-8(10)12-7/h1-3H,4,9H2,(H2,10,11). The normalized spacial score (nSPS) is 10.8. The third-order valence-electron chi connectivity index (χ3n) is 1.70. The fraction of sp³-hybridized carbons (Fsp3) is 0.125. The Kier molecular flexibility index (Phi) is 1.48. The number of hydrogen-bond donors (Lipinski definition) is 2. The van der Waals surface area contributed by atoms with Crippen LogP contribution >= 0.6 is 0 Å². The fourth-order valence-corrected chi connectivity index (χ4v) is 1.12. The van der Waals surface area contributed by atoms with Crippen LogP contribution in [0.15, 0.2) is 22.6 Å². The quantitative estimate of drug-likeness (QED) is 0.653. The Morgan fingerprint density at radius 1 is 1.42 bits per heavy atom. The van der Waals surface area contributed by atoms with Crippen LogP contribution in [0.25, 0.3) is 11.1 Å². The van der Waals surface area contributed by atoms with Crippen molar-refractivity contribution in [2.75, 3.05) is 5.73 Å². The Bertz CT molecular complexity index is 408. The molecular formula is C8H9N3O. The molecule has 12 heavy (non-hydrogen) atoms. The predicted molar refractivity (Wildman–Crippen MR) is 46.3 cm³/mol. The van der Waals surface area contributed by atoms with Gasteiger partial charge in [-0.15, -0.1) is 0 Å². The summed E-state index contributed by atoms with van der Waals surface area (Å²) in [7, 11) is 0. The van der Waals surface area contributed by atoms with Crippen LogP contribution in [-0.4, -0.2) is 4.98 Å². The Morgan fingerprint density at radius 2 is 2.25 bits per heavy atom. The van der Waals surface area contributed by atoms with Crippen LogP contribution in [0.5, 0.6) is 0 Å². The number of nitrogen functional groups attached to an aromatic ring is 1. The minimum absolute atomic E-state index is 0.194. The van der Waals surface area contributed by atoms with Gasteiger partial charge >= 0.3 is 0 Å². The van der Waals surface area contributed by atoms with Crippen molar-refractivity contribution in [3.05, 3.63) is 23.8 Å². The maximum atomic E-state index is 5.46. The van der Waals surface area contributed by atoms with Crippen LogP contribution in [-0.2, 0) is 6.54 Å². The molecule has 62 valence electrons. The predicted octanol–water partition coefficient (Wildman–Crippen LogP) is 0.869. The third-order valence-corrected chi connectivity index (χ3v) is 1.70. The summed E-state index contributed by atoms with van der Waals surface area (Å²) in [5.41, 5.74) is 13.3. The summed E-state index contributed by atoms with van der Waals surface area (Å²) in [6.45, 7) is 0.503. The highest BCUT2D eigenvalue weighted by molar-refractivity contribution is 5.74. The molecule has 0 bridgehead atoms. The van der Waals surface area contributed by atoms with Crippen LogP contribution in [0, 0.1) is 0 Å². The maximum absolute atomic E-state index is 5.46. The zero-order chi connectivity index (χ0) is 8.55. The van der Waals surface area contributed by atoms with E-state index in [2.05, 4.69) is 4.98 Å². The highest BCUT2D eigenvalue weighted by Gasteiger charge is 2.01. The van der Waals surface area contributed by atoms with Crippen molar-refractivity contribution in [1.82, 2.24) is 4.98 Å². The summed E-state index contributed by atoms with van der Waals surface area (Å²) in [4.78, 5) is 3.98. The third kappa shape index (κ3) is 1.02.